The maximum Gasteiger partial charge on any atom is 0.268 e. The van der Waals surface area contributed by atoms with Gasteiger partial charge < -0.3 is 33.3 Å². The molecule has 366 valence electrons. The van der Waals surface area contributed by atoms with E-state index in [-0.39, 0.29) is 5.92 Å². The average molecular weight is 978 g/mol. The number of benzene rings is 8. The van der Waals surface area contributed by atoms with Crippen molar-refractivity contribution in [3.8, 4) is 45.3 Å². The summed E-state index contributed by atoms with van der Waals surface area (Å²) in [5.74, 6) is 3.08. The van der Waals surface area contributed by atoms with E-state index in [0.29, 0.717) is 13.0 Å². The molecule has 1 N–H and O–H groups in total. The van der Waals surface area contributed by atoms with E-state index >= 15 is 0 Å². The minimum Gasteiger partial charge on any atom is -0.497 e. The second kappa shape index (κ2) is 20.9. The number of rotatable bonds is 17. The lowest BCUT2D eigenvalue weighted by molar-refractivity contribution is 0.314. The van der Waals surface area contributed by atoms with Gasteiger partial charge in [-0.25, -0.2) is 0 Å². The van der Waals surface area contributed by atoms with Gasteiger partial charge >= 0.3 is 0 Å². The minimum atomic E-state index is -4.26. The van der Waals surface area contributed by atoms with Crippen LogP contribution in [-0.2, 0) is 16.7 Å². The molecule has 10 nitrogen and oxygen atoms in total. The Morgan fingerprint density at radius 3 is 1.07 bits per heavy atom. The molecule has 1 fully saturated rings. The summed E-state index contributed by atoms with van der Waals surface area (Å²) in [6.07, 6.45) is 5.04. The molecule has 1 unspecified atom stereocenters. The Morgan fingerprint density at radius 1 is 0.458 bits per heavy atom. The SMILES string of the molecule is COc1ccc(N(c2ccc(OC)cc2)c2ccc(-c3ccc4c(c3)c3cc(-c5ccc(N(c6ccc(OC)cc6)c6ccc(OC)cc6)cc5)ccc3n4CCC(C3CCCCC3)S(=O)(=O)O)cc2)cc1. The zero-order valence-corrected chi connectivity index (χ0v) is 41.9. The van der Waals surface area contributed by atoms with Gasteiger partial charge in [0.05, 0.1) is 33.7 Å². The summed E-state index contributed by atoms with van der Waals surface area (Å²) >= 11 is 0. The molecule has 72 heavy (non-hydrogen) atoms. The summed E-state index contributed by atoms with van der Waals surface area (Å²) in [5, 5.41) is 1.32. The van der Waals surface area contributed by atoms with Crippen LogP contribution >= 0.6 is 0 Å². The molecule has 8 aromatic carbocycles. The summed E-state index contributed by atoms with van der Waals surface area (Å²) in [7, 11) is 2.42. The number of hydrogen-bond acceptors (Lipinski definition) is 8. The highest BCUT2D eigenvalue weighted by atomic mass is 32.2. The first-order valence-electron chi connectivity index (χ1n) is 24.5. The van der Waals surface area contributed by atoms with Gasteiger partial charge in [-0.3, -0.25) is 4.55 Å². The van der Waals surface area contributed by atoms with Crippen molar-refractivity contribution in [1.82, 2.24) is 4.57 Å². The zero-order valence-electron chi connectivity index (χ0n) is 41.1. The van der Waals surface area contributed by atoms with E-state index in [9.17, 15) is 13.0 Å². The Bertz CT molecular complexity index is 3090. The first kappa shape index (κ1) is 47.9. The minimum absolute atomic E-state index is 0.0540. The van der Waals surface area contributed by atoms with E-state index in [1.54, 1.807) is 28.4 Å². The smallest absolute Gasteiger partial charge is 0.268 e. The predicted molar refractivity (Wildman–Crippen MR) is 292 cm³/mol. The maximum absolute atomic E-state index is 13.0. The van der Waals surface area contributed by atoms with Crippen LogP contribution in [0.15, 0.2) is 182 Å². The summed E-state index contributed by atoms with van der Waals surface area (Å²) < 4.78 is 60.8. The van der Waals surface area contributed by atoms with Crippen LogP contribution in [0.1, 0.15) is 38.5 Å². The van der Waals surface area contributed by atoms with Crippen LogP contribution in [0.3, 0.4) is 0 Å². The number of aryl methyl sites for hydroxylation is 1. The number of fused-ring (bicyclic) bond motifs is 3. The molecule has 1 aliphatic carbocycles. The van der Waals surface area contributed by atoms with E-state index in [1.807, 2.05) is 48.5 Å². The lowest BCUT2D eigenvalue weighted by Gasteiger charge is -2.28. The number of hydrogen-bond donors (Lipinski definition) is 1. The third-order valence-electron chi connectivity index (χ3n) is 14.3. The maximum atomic E-state index is 13.0. The van der Waals surface area contributed by atoms with Crippen molar-refractivity contribution in [3.63, 3.8) is 0 Å². The molecule has 0 amide bonds. The van der Waals surface area contributed by atoms with Gasteiger partial charge in [0, 0.05) is 62.5 Å². The zero-order chi connectivity index (χ0) is 49.8. The summed E-state index contributed by atoms with van der Waals surface area (Å²) in [6.45, 7) is 0.447. The van der Waals surface area contributed by atoms with Gasteiger partial charge in [0.15, 0.2) is 0 Å². The Labute approximate surface area is 422 Å². The monoisotopic (exact) mass is 977 g/mol. The molecule has 11 heteroatoms. The molecule has 1 heterocycles. The van der Waals surface area contributed by atoms with Crippen LogP contribution in [0.4, 0.5) is 34.1 Å². The van der Waals surface area contributed by atoms with Gasteiger partial charge in [0.1, 0.15) is 23.0 Å². The molecule has 10 rings (SSSR count). The first-order chi connectivity index (χ1) is 35.1. The van der Waals surface area contributed by atoms with E-state index in [4.69, 9.17) is 18.9 Å². The Kier molecular flexibility index (Phi) is 13.9. The van der Waals surface area contributed by atoms with Gasteiger partial charge in [-0.1, -0.05) is 55.7 Å². The number of nitrogens with zero attached hydrogens (tertiary/aromatic N) is 3. The van der Waals surface area contributed by atoms with Crippen molar-refractivity contribution >= 4 is 66.0 Å². The molecule has 9 aromatic rings. The fraction of sp³-hybridized carbons (Fsp3) is 0.213. The highest BCUT2D eigenvalue weighted by Gasteiger charge is 2.33. The third kappa shape index (κ3) is 9.95. The van der Waals surface area contributed by atoms with Crippen molar-refractivity contribution in [2.75, 3.05) is 38.2 Å². The number of anilines is 6. The van der Waals surface area contributed by atoms with Crippen molar-refractivity contribution in [2.24, 2.45) is 5.92 Å². The van der Waals surface area contributed by atoms with Gasteiger partial charge in [-0.2, -0.15) is 8.42 Å². The van der Waals surface area contributed by atoms with Crippen LogP contribution < -0.4 is 28.7 Å². The number of methoxy groups -OCH3 is 4. The molecule has 1 aliphatic rings. The molecule has 0 aliphatic heterocycles. The first-order valence-corrected chi connectivity index (χ1v) is 26.0. The quantitative estimate of drug-likeness (QED) is 0.0894. The Morgan fingerprint density at radius 2 is 0.764 bits per heavy atom. The van der Waals surface area contributed by atoms with Crippen LogP contribution in [0.25, 0.3) is 44.1 Å². The summed E-state index contributed by atoms with van der Waals surface area (Å²) in [6, 6.07) is 62.5. The fourth-order valence-electron chi connectivity index (χ4n) is 10.5. The van der Waals surface area contributed by atoms with Gasteiger partial charge in [-0.05, 0) is 193 Å². The molecular weight excluding hydrogens is 919 g/mol. The van der Waals surface area contributed by atoms with Crippen molar-refractivity contribution in [2.45, 2.75) is 50.3 Å². The topological polar surface area (TPSA) is 103 Å². The molecule has 0 bridgehead atoms. The van der Waals surface area contributed by atoms with E-state index in [2.05, 4.69) is 148 Å². The molecule has 1 atom stereocenters. The molecule has 0 saturated heterocycles. The molecule has 0 radical (unpaired) electrons. The van der Waals surface area contributed by atoms with Gasteiger partial charge in [-0.15, -0.1) is 0 Å². The van der Waals surface area contributed by atoms with E-state index < -0.39 is 15.4 Å². The molecule has 0 spiro atoms. The highest BCUT2D eigenvalue weighted by Crippen LogP contribution is 2.42. The van der Waals surface area contributed by atoms with E-state index in [1.165, 1.54) is 0 Å². The van der Waals surface area contributed by atoms with Crippen molar-refractivity contribution in [1.29, 1.82) is 0 Å². The largest absolute Gasteiger partial charge is 0.497 e. The highest BCUT2D eigenvalue weighted by molar-refractivity contribution is 7.86. The second-order valence-electron chi connectivity index (χ2n) is 18.4. The van der Waals surface area contributed by atoms with Crippen LogP contribution in [-0.4, -0.2) is 51.2 Å². The normalized spacial score (nSPS) is 13.5. The van der Waals surface area contributed by atoms with Gasteiger partial charge in [0.25, 0.3) is 10.1 Å². The molecule has 1 saturated carbocycles. The summed E-state index contributed by atoms with van der Waals surface area (Å²) in [4.78, 5) is 4.41. The van der Waals surface area contributed by atoms with Crippen molar-refractivity contribution < 1.29 is 31.9 Å². The lowest BCUT2D eigenvalue weighted by atomic mass is 9.85. The van der Waals surface area contributed by atoms with E-state index in [0.717, 1.165) is 133 Å². The van der Waals surface area contributed by atoms with Gasteiger partial charge in [0.2, 0.25) is 0 Å². The fourth-order valence-corrected chi connectivity index (χ4v) is 11.7. The van der Waals surface area contributed by atoms with Crippen LogP contribution in [0, 0.1) is 5.92 Å². The number of ether oxygens (including phenoxy) is 4. The summed E-state index contributed by atoms with van der Waals surface area (Å²) in [5.41, 5.74) is 12.2. The second-order valence-corrected chi connectivity index (χ2v) is 20.0. The molecule has 1 aromatic heterocycles. The average Bonchev–Trinajstić information content (AvgIpc) is 3.74. The Hall–Kier alpha value is -7.73. The predicted octanol–water partition coefficient (Wildman–Crippen LogP) is 15.3. The number of aromatic nitrogens is 1. The van der Waals surface area contributed by atoms with Crippen LogP contribution in [0.5, 0.6) is 23.0 Å². The van der Waals surface area contributed by atoms with Crippen LogP contribution in [0.2, 0.25) is 0 Å². The Balaban J connectivity index is 1.03. The standard InChI is InChI=1S/C61H59N3O7S/c1-68-53-28-20-49(21-29-53)63(50-22-30-54(69-2)31-23-50)47-16-10-42(11-17-47)45-14-36-59-57(40-45)58-41-46(15-37-60(58)62(59)39-38-61(72(65,66)67)44-8-6-5-7-9-44)43-12-18-48(19-13-43)64(51-24-32-55(70-3)33-25-51)52-26-34-56(71-4)35-27-52/h10-37,40-41,44,61H,5-9,38-39H2,1-4H3,(H,65,66,67). The molecular formula is C61H59N3O7S. The third-order valence-corrected chi connectivity index (χ3v) is 15.7. The lowest BCUT2D eigenvalue weighted by Crippen LogP contribution is -2.32. The van der Waals surface area contributed by atoms with Crippen molar-refractivity contribution in [3.05, 3.63) is 182 Å².